The molecule has 0 aliphatic carbocycles. The Morgan fingerprint density at radius 3 is 1.81 bits per heavy atom. The van der Waals surface area contributed by atoms with Crippen molar-refractivity contribution in [1.82, 2.24) is 24.5 Å². The second kappa shape index (κ2) is 23.9. The minimum absolute atomic E-state index is 0.0454. The Labute approximate surface area is 258 Å². The van der Waals surface area contributed by atoms with Gasteiger partial charge in [0, 0.05) is 39.2 Å². The lowest BCUT2D eigenvalue weighted by Crippen LogP contribution is -2.50. The van der Waals surface area contributed by atoms with E-state index in [-0.39, 0.29) is 50.0 Å². The van der Waals surface area contributed by atoms with Gasteiger partial charge in [0.15, 0.2) is 0 Å². The van der Waals surface area contributed by atoms with Gasteiger partial charge in [0.2, 0.25) is 17.7 Å². The van der Waals surface area contributed by atoms with Crippen molar-refractivity contribution in [1.29, 1.82) is 0 Å². The molecule has 43 heavy (non-hydrogen) atoms. The molecule has 1 aliphatic rings. The molecule has 0 spiro atoms. The van der Waals surface area contributed by atoms with E-state index in [0.29, 0.717) is 84.2 Å². The summed E-state index contributed by atoms with van der Waals surface area (Å²) in [5, 5.41) is 0. The highest BCUT2D eigenvalue weighted by Gasteiger charge is 2.26. The van der Waals surface area contributed by atoms with Gasteiger partial charge in [-0.3, -0.25) is 19.3 Å². The maximum atomic E-state index is 13.6. The third-order valence-electron chi connectivity index (χ3n) is 7.54. The average Bonchev–Trinajstić information content (AvgIpc) is 3.48. The summed E-state index contributed by atoms with van der Waals surface area (Å²) < 4.78 is 5.72. The lowest BCUT2D eigenvalue weighted by molar-refractivity contribution is -0.145. The summed E-state index contributed by atoms with van der Waals surface area (Å²) in [4.78, 5) is 70.7. The lowest BCUT2D eigenvalue weighted by atomic mass is 10.2. The number of hydrogen-bond donors (Lipinski definition) is 2. The maximum absolute atomic E-state index is 13.6. The summed E-state index contributed by atoms with van der Waals surface area (Å²) in [6.45, 7) is 4.74. The van der Waals surface area contributed by atoms with Crippen molar-refractivity contribution in [2.45, 2.75) is 63.9 Å². The number of likely N-dealkylation sites (N-methyl/N-ethyl adjacent to an activating group) is 1. The molecule has 13 nitrogen and oxygen atoms in total. The summed E-state index contributed by atoms with van der Waals surface area (Å²) in [5.74, 6) is -0.778. The van der Waals surface area contributed by atoms with Crippen LogP contribution in [-0.4, -0.2) is 160 Å². The smallest absolute Gasteiger partial charge is 0.242 e. The lowest BCUT2D eigenvalue weighted by Gasteiger charge is -2.31. The van der Waals surface area contributed by atoms with Crippen molar-refractivity contribution >= 4 is 30.3 Å². The molecule has 1 heterocycles. The third kappa shape index (κ3) is 17.4. The molecule has 13 heteroatoms. The van der Waals surface area contributed by atoms with Crippen LogP contribution in [0.25, 0.3) is 0 Å². The molecule has 0 radical (unpaired) electrons. The van der Waals surface area contributed by atoms with E-state index in [4.69, 9.17) is 16.2 Å². The van der Waals surface area contributed by atoms with Crippen LogP contribution < -0.4 is 11.5 Å². The number of ether oxygens (including phenoxy) is 1. The molecule has 1 fully saturated rings. The number of rotatable bonds is 26. The van der Waals surface area contributed by atoms with Crippen molar-refractivity contribution in [2.75, 3.05) is 99.2 Å². The van der Waals surface area contributed by atoms with Gasteiger partial charge in [-0.05, 0) is 91.6 Å². The molecular weight excluding hydrogens is 554 g/mol. The van der Waals surface area contributed by atoms with Gasteiger partial charge in [-0.1, -0.05) is 0 Å². The van der Waals surface area contributed by atoms with Gasteiger partial charge in [-0.15, -0.1) is 0 Å². The molecule has 1 atom stereocenters. The van der Waals surface area contributed by atoms with Gasteiger partial charge >= 0.3 is 0 Å². The summed E-state index contributed by atoms with van der Waals surface area (Å²) in [7, 11) is 3.85. The number of nitrogens with zero attached hydrogens (tertiary/aromatic N) is 5. The highest BCUT2D eigenvalue weighted by molar-refractivity contribution is 5.89. The Kier molecular flexibility index (Phi) is 21.5. The normalized spacial score (nSPS) is 14.7. The molecule has 0 bridgehead atoms. The van der Waals surface area contributed by atoms with Crippen LogP contribution in [0, 0.1) is 0 Å². The van der Waals surface area contributed by atoms with Crippen molar-refractivity contribution in [3.05, 3.63) is 0 Å². The molecule has 1 rings (SSSR count). The number of hydrogen-bond acceptors (Lipinski definition) is 10. The second-order valence-corrected chi connectivity index (χ2v) is 11.4. The van der Waals surface area contributed by atoms with E-state index in [1.165, 1.54) is 9.80 Å². The Bertz CT molecular complexity index is 812. The summed E-state index contributed by atoms with van der Waals surface area (Å²) >= 11 is 0. The zero-order valence-corrected chi connectivity index (χ0v) is 26.6. The van der Waals surface area contributed by atoms with Gasteiger partial charge in [0.05, 0.1) is 32.3 Å². The highest BCUT2D eigenvalue weighted by Crippen LogP contribution is 2.13. The molecule has 1 unspecified atom stereocenters. The fourth-order valence-electron chi connectivity index (χ4n) is 5.03. The topological polar surface area (TPSA) is 163 Å². The molecule has 1 aliphatic heterocycles. The van der Waals surface area contributed by atoms with E-state index >= 15 is 0 Å². The summed E-state index contributed by atoms with van der Waals surface area (Å²) in [6.07, 6.45) is 8.35. The van der Waals surface area contributed by atoms with Crippen molar-refractivity contribution in [3.8, 4) is 0 Å². The van der Waals surface area contributed by atoms with Crippen molar-refractivity contribution in [3.63, 3.8) is 0 Å². The molecule has 4 N–H and O–H groups in total. The first-order chi connectivity index (χ1) is 20.7. The number of carbonyl (C=O) groups is 5. The zero-order valence-electron chi connectivity index (χ0n) is 26.6. The Morgan fingerprint density at radius 2 is 1.26 bits per heavy atom. The minimum atomic E-state index is -0.312. The van der Waals surface area contributed by atoms with E-state index in [0.717, 1.165) is 45.1 Å². The number of aldehydes is 2. The Hall–Kier alpha value is -2.45. The van der Waals surface area contributed by atoms with E-state index in [9.17, 15) is 24.0 Å². The van der Waals surface area contributed by atoms with Crippen LogP contribution in [0.2, 0.25) is 0 Å². The molecule has 0 aromatic carbocycles. The quantitative estimate of drug-likeness (QED) is 0.0969. The predicted molar refractivity (Wildman–Crippen MR) is 166 cm³/mol. The van der Waals surface area contributed by atoms with Crippen LogP contribution >= 0.6 is 0 Å². The van der Waals surface area contributed by atoms with Crippen LogP contribution in [0.3, 0.4) is 0 Å². The molecular formula is C30H57N7O6. The van der Waals surface area contributed by atoms with Crippen LogP contribution in [0.4, 0.5) is 0 Å². The minimum Gasteiger partial charge on any atom is -0.377 e. The monoisotopic (exact) mass is 611 g/mol. The zero-order chi connectivity index (χ0) is 31.9. The largest absolute Gasteiger partial charge is 0.377 e. The highest BCUT2D eigenvalue weighted by atomic mass is 16.5. The standard InChI is InChI=1S/C30H57N7O6/c1-33(14-7-8-20-38)15-10-18-37(28(40)24-34(2)23-27-11-9-22-43-27)26-30(42)36(17-6-4-13-32)25-29(41)35(19-21-39)16-5-3-12-31/h20-21,27H,3-19,22-26,31-32H2,1-2H3. The predicted octanol–water partition coefficient (Wildman–Crippen LogP) is -0.439. The van der Waals surface area contributed by atoms with Gasteiger partial charge in [-0.2, -0.15) is 0 Å². The Morgan fingerprint density at radius 1 is 0.698 bits per heavy atom. The fraction of sp³-hybridized carbons (Fsp3) is 0.833. The van der Waals surface area contributed by atoms with Gasteiger partial charge in [-0.25, -0.2) is 0 Å². The second-order valence-electron chi connectivity index (χ2n) is 11.4. The van der Waals surface area contributed by atoms with Crippen LogP contribution in [0.1, 0.15) is 57.8 Å². The average molecular weight is 612 g/mol. The first kappa shape index (κ1) is 38.6. The van der Waals surface area contributed by atoms with Crippen molar-refractivity contribution < 1.29 is 28.7 Å². The van der Waals surface area contributed by atoms with E-state index in [1.807, 2.05) is 19.0 Å². The fourth-order valence-corrected chi connectivity index (χ4v) is 5.03. The number of carbonyl (C=O) groups excluding carboxylic acids is 5. The molecule has 0 aromatic rings. The summed E-state index contributed by atoms with van der Waals surface area (Å²) in [5.41, 5.74) is 11.3. The molecule has 1 saturated heterocycles. The van der Waals surface area contributed by atoms with Crippen LogP contribution in [0.5, 0.6) is 0 Å². The SMILES string of the molecule is CN(CCCC=O)CCCN(CC(=O)N(CCCCN)CC(=O)N(CC=O)CCCCN)C(=O)CN(C)CC1CCCO1. The maximum Gasteiger partial charge on any atom is 0.242 e. The molecule has 0 aromatic heterocycles. The first-order valence-corrected chi connectivity index (χ1v) is 15.8. The number of unbranched alkanes of at least 4 members (excludes halogenated alkanes) is 3. The van der Waals surface area contributed by atoms with Crippen molar-refractivity contribution in [2.24, 2.45) is 11.5 Å². The van der Waals surface area contributed by atoms with Crippen LogP contribution in [-0.2, 0) is 28.7 Å². The van der Waals surface area contributed by atoms with E-state index in [1.54, 1.807) is 4.90 Å². The van der Waals surface area contributed by atoms with Gasteiger partial charge in [0.25, 0.3) is 0 Å². The van der Waals surface area contributed by atoms with E-state index in [2.05, 4.69) is 4.90 Å². The Balaban J connectivity index is 2.95. The summed E-state index contributed by atoms with van der Waals surface area (Å²) in [6, 6.07) is 0. The molecule has 0 saturated carbocycles. The molecule has 3 amide bonds. The van der Waals surface area contributed by atoms with Gasteiger partial charge < -0.3 is 45.4 Å². The van der Waals surface area contributed by atoms with Crippen LogP contribution in [0.15, 0.2) is 0 Å². The molecule has 248 valence electrons. The number of nitrogens with two attached hydrogens (primary N) is 2. The number of amides is 3. The first-order valence-electron chi connectivity index (χ1n) is 15.8. The third-order valence-corrected chi connectivity index (χ3v) is 7.54. The van der Waals surface area contributed by atoms with E-state index < -0.39 is 0 Å². The van der Waals surface area contributed by atoms with Gasteiger partial charge in [0.1, 0.15) is 12.6 Å².